The molecule has 4 nitrogen and oxygen atoms in total. The summed E-state index contributed by atoms with van der Waals surface area (Å²) >= 11 is 1.70. The number of aryl methyl sites for hydroxylation is 1. The number of rotatable bonds is 5. The smallest absolute Gasteiger partial charge is 0.272 e. The van der Waals surface area contributed by atoms with Crippen LogP contribution in [0.2, 0.25) is 0 Å². The van der Waals surface area contributed by atoms with Gasteiger partial charge in [0.25, 0.3) is 5.91 Å². The molecular formula is C17H23N3OS. The Morgan fingerprint density at radius 1 is 1.41 bits per heavy atom. The van der Waals surface area contributed by atoms with Gasteiger partial charge in [0, 0.05) is 16.1 Å². The molecule has 2 N–H and O–H groups in total. The fraction of sp³-hybridized carbons (Fsp3) is 0.529. The molecule has 118 valence electrons. The monoisotopic (exact) mass is 317 g/mol. The number of carbonyl (C=O) groups is 1. The molecule has 2 aromatic heterocycles. The fourth-order valence-electron chi connectivity index (χ4n) is 3.14. The van der Waals surface area contributed by atoms with Crippen LogP contribution in [0.25, 0.3) is 0 Å². The summed E-state index contributed by atoms with van der Waals surface area (Å²) in [5.74, 6) is -0.0359. The summed E-state index contributed by atoms with van der Waals surface area (Å²) in [6.07, 6.45) is 7.54. The number of H-pyrrole nitrogens is 1. The molecule has 5 heteroatoms. The second-order valence-corrected chi connectivity index (χ2v) is 6.90. The Morgan fingerprint density at radius 3 is 3.05 bits per heavy atom. The fourth-order valence-corrected chi connectivity index (χ4v) is 3.95. The Hall–Kier alpha value is -1.62. The Bertz CT molecular complexity index is 618. The van der Waals surface area contributed by atoms with Gasteiger partial charge in [0.1, 0.15) is 0 Å². The lowest BCUT2D eigenvalue weighted by Crippen LogP contribution is -2.29. The average molecular weight is 317 g/mol. The van der Waals surface area contributed by atoms with Gasteiger partial charge in [0.05, 0.1) is 6.04 Å². The van der Waals surface area contributed by atoms with E-state index in [1.165, 1.54) is 17.7 Å². The van der Waals surface area contributed by atoms with Crippen molar-refractivity contribution in [3.8, 4) is 0 Å². The quantitative estimate of drug-likeness (QED) is 0.819. The van der Waals surface area contributed by atoms with Crippen LogP contribution in [-0.2, 0) is 12.8 Å². The molecular weight excluding hydrogens is 294 g/mol. The van der Waals surface area contributed by atoms with Crippen LogP contribution in [0.1, 0.15) is 71.7 Å². The molecule has 1 aliphatic carbocycles. The maximum Gasteiger partial charge on any atom is 0.272 e. The van der Waals surface area contributed by atoms with Gasteiger partial charge in [-0.3, -0.25) is 9.89 Å². The van der Waals surface area contributed by atoms with Crippen LogP contribution in [0.15, 0.2) is 17.5 Å². The van der Waals surface area contributed by atoms with Crippen LogP contribution in [0, 0.1) is 0 Å². The highest BCUT2D eigenvalue weighted by Gasteiger charge is 2.23. The maximum atomic E-state index is 12.7. The van der Waals surface area contributed by atoms with Gasteiger partial charge < -0.3 is 5.32 Å². The molecule has 2 aromatic rings. The number of carbonyl (C=O) groups excluding carboxylic acids is 1. The second-order valence-electron chi connectivity index (χ2n) is 5.92. The number of nitrogens with one attached hydrogen (secondary N) is 2. The summed E-state index contributed by atoms with van der Waals surface area (Å²) in [4.78, 5) is 13.9. The summed E-state index contributed by atoms with van der Waals surface area (Å²) < 4.78 is 0. The van der Waals surface area contributed by atoms with Crippen LogP contribution >= 0.6 is 11.3 Å². The van der Waals surface area contributed by atoms with Gasteiger partial charge in [0.2, 0.25) is 0 Å². The van der Waals surface area contributed by atoms with Crippen LogP contribution in [0.5, 0.6) is 0 Å². The van der Waals surface area contributed by atoms with Crippen molar-refractivity contribution in [1.29, 1.82) is 0 Å². The lowest BCUT2D eigenvalue weighted by molar-refractivity contribution is 0.0929. The van der Waals surface area contributed by atoms with Crippen LogP contribution in [0.3, 0.4) is 0 Å². The largest absolute Gasteiger partial charge is 0.343 e. The minimum atomic E-state index is -0.0359. The zero-order chi connectivity index (χ0) is 15.4. The maximum absolute atomic E-state index is 12.7. The van der Waals surface area contributed by atoms with Gasteiger partial charge in [-0.15, -0.1) is 11.3 Å². The highest BCUT2D eigenvalue weighted by molar-refractivity contribution is 7.10. The Labute approximate surface area is 135 Å². The third-order valence-electron chi connectivity index (χ3n) is 4.29. The molecule has 0 aromatic carbocycles. The first-order valence-corrected chi connectivity index (χ1v) is 9.08. The van der Waals surface area contributed by atoms with Crippen molar-refractivity contribution in [3.63, 3.8) is 0 Å². The molecule has 0 spiro atoms. The first-order valence-electron chi connectivity index (χ1n) is 8.20. The molecule has 0 unspecified atom stereocenters. The number of hydrogen-bond acceptors (Lipinski definition) is 3. The molecule has 2 heterocycles. The van der Waals surface area contributed by atoms with Crippen molar-refractivity contribution >= 4 is 17.2 Å². The topological polar surface area (TPSA) is 57.8 Å². The number of hydrogen-bond donors (Lipinski definition) is 2. The van der Waals surface area contributed by atoms with E-state index in [2.05, 4.69) is 33.9 Å². The van der Waals surface area contributed by atoms with E-state index in [0.29, 0.717) is 5.69 Å². The van der Waals surface area contributed by atoms with E-state index in [0.717, 1.165) is 43.4 Å². The van der Waals surface area contributed by atoms with Gasteiger partial charge >= 0.3 is 0 Å². The molecule has 22 heavy (non-hydrogen) atoms. The number of thiophene rings is 1. The number of fused-ring (bicyclic) bond motifs is 1. The van der Waals surface area contributed by atoms with E-state index in [4.69, 9.17) is 0 Å². The van der Waals surface area contributed by atoms with E-state index in [1.807, 2.05) is 6.07 Å². The molecule has 1 amide bonds. The van der Waals surface area contributed by atoms with Crippen molar-refractivity contribution in [2.45, 2.75) is 57.9 Å². The van der Waals surface area contributed by atoms with Crippen LogP contribution in [0.4, 0.5) is 0 Å². The van der Waals surface area contributed by atoms with Crippen molar-refractivity contribution in [2.75, 3.05) is 0 Å². The van der Waals surface area contributed by atoms with E-state index < -0.39 is 0 Å². The summed E-state index contributed by atoms with van der Waals surface area (Å²) in [7, 11) is 0. The SMILES string of the molecule is CCC[C@H](NC(=O)c1n[nH]c2c1CCCCC2)c1cccs1. The first-order chi connectivity index (χ1) is 10.8. The third kappa shape index (κ3) is 3.24. The van der Waals surface area contributed by atoms with E-state index in [1.54, 1.807) is 11.3 Å². The zero-order valence-corrected chi connectivity index (χ0v) is 13.8. The summed E-state index contributed by atoms with van der Waals surface area (Å²) in [6.45, 7) is 2.15. The van der Waals surface area contributed by atoms with E-state index >= 15 is 0 Å². The molecule has 0 saturated heterocycles. The third-order valence-corrected chi connectivity index (χ3v) is 5.28. The Morgan fingerprint density at radius 2 is 2.27 bits per heavy atom. The van der Waals surface area contributed by atoms with Gasteiger partial charge in [-0.05, 0) is 43.6 Å². The lowest BCUT2D eigenvalue weighted by Gasteiger charge is -2.16. The number of nitrogens with zero attached hydrogens (tertiary/aromatic N) is 1. The molecule has 1 atom stereocenters. The lowest BCUT2D eigenvalue weighted by atomic mass is 10.1. The molecule has 0 aliphatic heterocycles. The normalized spacial score (nSPS) is 15.9. The van der Waals surface area contributed by atoms with Crippen molar-refractivity contribution in [3.05, 3.63) is 39.3 Å². The highest BCUT2D eigenvalue weighted by atomic mass is 32.1. The van der Waals surface area contributed by atoms with Gasteiger partial charge in [-0.25, -0.2) is 0 Å². The van der Waals surface area contributed by atoms with Crippen molar-refractivity contribution in [2.24, 2.45) is 0 Å². The molecule has 0 bridgehead atoms. The average Bonchev–Trinajstić information content (AvgIpc) is 3.12. The highest BCUT2D eigenvalue weighted by Crippen LogP contribution is 2.25. The summed E-state index contributed by atoms with van der Waals surface area (Å²) in [6, 6.07) is 4.22. The van der Waals surface area contributed by atoms with Gasteiger partial charge in [-0.2, -0.15) is 5.10 Å². The van der Waals surface area contributed by atoms with Crippen LogP contribution in [-0.4, -0.2) is 16.1 Å². The van der Waals surface area contributed by atoms with E-state index in [9.17, 15) is 4.79 Å². The number of aromatic nitrogens is 2. The van der Waals surface area contributed by atoms with Crippen molar-refractivity contribution < 1.29 is 4.79 Å². The standard InChI is InChI=1S/C17H23N3OS/c1-2-7-14(15-10-6-11-22-15)18-17(21)16-12-8-4-3-5-9-13(12)19-20-16/h6,10-11,14H,2-5,7-9H2,1H3,(H,18,21)(H,19,20)/t14-/m0/s1. The summed E-state index contributed by atoms with van der Waals surface area (Å²) in [5.41, 5.74) is 2.90. The summed E-state index contributed by atoms with van der Waals surface area (Å²) in [5, 5.41) is 12.6. The molecule has 0 saturated carbocycles. The molecule has 0 radical (unpaired) electrons. The molecule has 1 aliphatic rings. The van der Waals surface area contributed by atoms with Gasteiger partial charge in [-0.1, -0.05) is 25.8 Å². The van der Waals surface area contributed by atoms with Gasteiger partial charge in [0.15, 0.2) is 5.69 Å². The first kappa shape index (κ1) is 15.3. The van der Waals surface area contributed by atoms with Crippen LogP contribution < -0.4 is 5.32 Å². The van der Waals surface area contributed by atoms with Crippen molar-refractivity contribution in [1.82, 2.24) is 15.5 Å². The number of amides is 1. The minimum absolute atomic E-state index is 0.0359. The van der Waals surface area contributed by atoms with E-state index in [-0.39, 0.29) is 11.9 Å². The predicted molar refractivity (Wildman–Crippen MR) is 89.3 cm³/mol. The molecule has 0 fully saturated rings. The molecule has 3 rings (SSSR count). The Kier molecular flexibility index (Phi) is 4.93. The number of aromatic amines is 1. The second kappa shape index (κ2) is 7.09. The zero-order valence-electron chi connectivity index (χ0n) is 13.0. The minimum Gasteiger partial charge on any atom is -0.343 e. The Balaban J connectivity index is 1.77. The predicted octanol–water partition coefficient (Wildman–Crippen LogP) is 4.01.